The molecule has 2 rings (SSSR count). The summed E-state index contributed by atoms with van der Waals surface area (Å²) in [6.07, 6.45) is 0.997. The lowest BCUT2D eigenvalue weighted by Gasteiger charge is -2.58. The molecule has 0 aromatic rings. The number of piperidine rings is 1. The molecule has 0 radical (unpaired) electrons. The molecule has 1 N–H and O–H groups in total. The summed E-state index contributed by atoms with van der Waals surface area (Å²) in [4.78, 5) is 2.32. The number of likely N-dealkylation sites (tertiary alicyclic amines) is 1. The Bertz CT molecular complexity index is 199. The Morgan fingerprint density at radius 2 is 1.53 bits per heavy atom. The van der Waals surface area contributed by atoms with E-state index in [2.05, 4.69) is 17.1 Å². The molecule has 0 bridgehead atoms. The number of halogens is 1. The van der Waals surface area contributed by atoms with E-state index in [0.29, 0.717) is 6.54 Å². The van der Waals surface area contributed by atoms with Gasteiger partial charge >= 0.3 is 0 Å². The Morgan fingerprint density at radius 1 is 1.05 bits per heavy atom. The summed E-state index contributed by atoms with van der Waals surface area (Å²) in [6.45, 7) is 20.4. The number of nitrogens with one attached hydrogen (secondary N) is 1. The average Bonchev–Trinajstić information content (AvgIpc) is 2.43. The van der Waals surface area contributed by atoms with Crippen molar-refractivity contribution >= 4 is 0 Å². The zero-order valence-corrected chi connectivity index (χ0v) is 14.6. The van der Waals surface area contributed by atoms with Crippen LogP contribution in [0.1, 0.15) is 61.8 Å². The molecule has 0 amide bonds. The second-order valence-corrected chi connectivity index (χ2v) is 4.71. The molecular weight excluding hydrogens is 239 g/mol. The van der Waals surface area contributed by atoms with Gasteiger partial charge in [-0.25, -0.2) is 4.39 Å². The zero-order chi connectivity index (χ0) is 15.5. The summed E-state index contributed by atoms with van der Waals surface area (Å²) in [5, 5.41) is 3.14. The molecule has 2 aliphatic heterocycles. The van der Waals surface area contributed by atoms with Crippen LogP contribution in [0, 0.1) is 5.41 Å². The minimum atomic E-state index is -1.00. The Morgan fingerprint density at radius 3 is 1.89 bits per heavy atom. The SMILES string of the molecule is CC.CC.CC.CCN1CC2(CCNCC2(C)F)C1. The second-order valence-electron chi connectivity index (χ2n) is 4.71. The molecule has 0 aromatic heterocycles. The Kier molecular flexibility index (Phi) is 11.8. The summed E-state index contributed by atoms with van der Waals surface area (Å²) >= 11 is 0. The van der Waals surface area contributed by atoms with Crippen LogP contribution in [0.4, 0.5) is 4.39 Å². The van der Waals surface area contributed by atoms with Gasteiger partial charge in [0.2, 0.25) is 0 Å². The van der Waals surface area contributed by atoms with E-state index in [1.807, 2.05) is 41.5 Å². The molecule has 2 saturated heterocycles. The van der Waals surface area contributed by atoms with Gasteiger partial charge in [0.15, 0.2) is 0 Å². The third kappa shape index (κ3) is 5.03. The molecule has 1 spiro atoms. The van der Waals surface area contributed by atoms with E-state index in [4.69, 9.17) is 0 Å². The maximum Gasteiger partial charge on any atom is 0.128 e. The fourth-order valence-electron chi connectivity index (χ4n) is 2.62. The molecule has 1 atom stereocenters. The van der Waals surface area contributed by atoms with Gasteiger partial charge in [-0.05, 0) is 26.4 Å². The fourth-order valence-corrected chi connectivity index (χ4v) is 2.62. The van der Waals surface area contributed by atoms with Crippen molar-refractivity contribution in [1.29, 1.82) is 0 Å². The van der Waals surface area contributed by atoms with Crippen molar-refractivity contribution in [2.24, 2.45) is 5.41 Å². The first-order valence-corrected chi connectivity index (χ1v) is 8.22. The van der Waals surface area contributed by atoms with Gasteiger partial charge in [0, 0.05) is 25.0 Å². The Labute approximate surface area is 121 Å². The standard InChI is InChI=1S/C10H19FN2.3C2H6/c1-3-13-7-10(8-13)4-5-12-6-9(10,2)11;3*1-2/h12H,3-8H2,1-2H3;3*1-2H3. The predicted octanol–water partition coefficient (Wildman–Crippen LogP) is 4.11. The summed E-state index contributed by atoms with van der Waals surface area (Å²) in [7, 11) is 0. The lowest BCUT2D eigenvalue weighted by Crippen LogP contribution is -2.70. The van der Waals surface area contributed by atoms with Crippen molar-refractivity contribution in [3.05, 3.63) is 0 Å². The summed E-state index contributed by atoms with van der Waals surface area (Å²) < 4.78 is 14.2. The van der Waals surface area contributed by atoms with Gasteiger partial charge in [0.25, 0.3) is 0 Å². The van der Waals surface area contributed by atoms with E-state index in [-0.39, 0.29) is 5.41 Å². The average molecular weight is 276 g/mol. The van der Waals surface area contributed by atoms with E-state index in [9.17, 15) is 4.39 Å². The van der Waals surface area contributed by atoms with Crippen molar-refractivity contribution in [1.82, 2.24) is 10.2 Å². The van der Waals surface area contributed by atoms with Crippen LogP contribution in [0.2, 0.25) is 0 Å². The third-order valence-electron chi connectivity index (χ3n) is 3.84. The van der Waals surface area contributed by atoms with Gasteiger partial charge in [-0.2, -0.15) is 0 Å². The summed E-state index contributed by atoms with van der Waals surface area (Å²) in [5.74, 6) is 0. The zero-order valence-electron chi connectivity index (χ0n) is 14.6. The van der Waals surface area contributed by atoms with E-state index in [1.165, 1.54) is 0 Å². The van der Waals surface area contributed by atoms with Crippen molar-refractivity contribution in [2.45, 2.75) is 67.5 Å². The van der Waals surface area contributed by atoms with Gasteiger partial charge in [-0.1, -0.05) is 48.5 Å². The molecule has 2 fully saturated rings. The van der Waals surface area contributed by atoms with Crippen LogP contribution in [-0.2, 0) is 0 Å². The van der Waals surface area contributed by atoms with Crippen LogP contribution in [-0.4, -0.2) is 43.3 Å². The molecule has 2 nitrogen and oxygen atoms in total. The topological polar surface area (TPSA) is 15.3 Å². The van der Waals surface area contributed by atoms with Crippen molar-refractivity contribution in [3.63, 3.8) is 0 Å². The van der Waals surface area contributed by atoms with E-state index in [1.54, 1.807) is 6.92 Å². The highest BCUT2D eigenvalue weighted by Gasteiger charge is 2.56. The molecular formula is C16H37FN2. The lowest BCUT2D eigenvalue weighted by molar-refractivity contribution is -0.126. The van der Waals surface area contributed by atoms with Crippen molar-refractivity contribution in [2.75, 3.05) is 32.7 Å². The number of hydrogen-bond acceptors (Lipinski definition) is 2. The number of rotatable bonds is 1. The van der Waals surface area contributed by atoms with E-state index >= 15 is 0 Å². The molecule has 2 heterocycles. The second kappa shape index (κ2) is 10.6. The third-order valence-corrected chi connectivity index (χ3v) is 3.84. The van der Waals surface area contributed by atoms with Gasteiger partial charge in [0.1, 0.15) is 5.67 Å². The first-order valence-electron chi connectivity index (χ1n) is 8.22. The summed E-state index contributed by atoms with van der Waals surface area (Å²) in [5.41, 5.74) is -1.04. The number of hydrogen-bond donors (Lipinski definition) is 1. The molecule has 2 aliphatic rings. The first kappa shape index (κ1) is 21.2. The molecule has 19 heavy (non-hydrogen) atoms. The Balaban J connectivity index is 0. The van der Waals surface area contributed by atoms with Crippen LogP contribution in [0.25, 0.3) is 0 Å². The summed E-state index contributed by atoms with van der Waals surface area (Å²) in [6, 6.07) is 0. The monoisotopic (exact) mass is 276 g/mol. The van der Waals surface area contributed by atoms with Gasteiger partial charge < -0.3 is 10.2 Å². The van der Waals surface area contributed by atoms with Crippen molar-refractivity contribution < 1.29 is 4.39 Å². The van der Waals surface area contributed by atoms with Gasteiger partial charge in [0.05, 0.1) is 0 Å². The number of nitrogens with zero attached hydrogens (tertiary/aromatic N) is 1. The fraction of sp³-hybridized carbons (Fsp3) is 1.00. The first-order chi connectivity index (χ1) is 9.10. The van der Waals surface area contributed by atoms with Crippen LogP contribution in [0.15, 0.2) is 0 Å². The highest BCUT2D eigenvalue weighted by Crippen LogP contribution is 2.46. The molecule has 0 aliphatic carbocycles. The van der Waals surface area contributed by atoms with Gasteiger partial charge in [-0.3, -0.25) is 0 Å². The van der Waals surface area contributed by atoms with E-state index < -0.39 is 5.67 Å². The van der Waals surface area contributed by atoms with Crippen molar-refractivity contribution in [3.8, 4) is 0 Å². The van der Waals surface area contributed by atoms with Crippen LogP contribution in [0.3, 0.4) is 0 Å². The minimum absolute atomic E-state index is 0.0335. The van der Waals surface area contributed by atoms with Gasteiger partial charge in [-0.15, -0.1) is 0 Å². The Hall–Kier alpha value is -0.150. The molecule has 118 valence electrons. The minimum Gasteiger partial charge on any atom is -0.314 e. The highest BCUT2D eigenvalue weighted by molar-refractivity contribution is 5.09. The smallest absolute Gasteiger partial charge is 0.128 e. The molecule has 0 saturated carbocycles. The lowest BCUT2D eigenvalue weighted by atomic mass is 9.64. The molecule has 0 aromatic carbocycles. The number of alkyl halides is 1. The maximum atomic E-state index is 14.2. The predicted molar refractivity (Wildman–Crippen MR) is 85.6 cm³/mol. The largest absolute Gasteiger partial charge is 0.314 e. The van der Waals surface area contributed by atoms with Crippen LogP contribution >= 0.6 is 0 Å². The molecule has 1 unspecified atom stereocenters. The quantitative estimate of drug-likeness (QED) is 0.775. The van der Waals surface area contributed by atoms with Crippen LogP contribution in [0.5, 0.6) is 0 Å². The molecule has 3 heteroatoms. The van der Waals surface area contributed by atoms with E-state index in [0.717, 1.165) is 32.6 Å². The highest BCUT2D eigenvalue weighted by atomic mass is 19.1. The normalized spacial score (nSPS) is 27.6. The van der Waals surface area contributed by atoms with Crippen LogP contribution < -0.4 is 5.32 Å². The maximum absolute atomic E-state index is 14.2.